The standard InChI is InChI=1S/C15H22N2S/c1-12(2)18-15-7-5-14(6-8-15)9-10-17(4)13(3)11-16/h5-8,12-13H,9-10H2,1-4H3. The predicted molar refractivity (Wildman–Crippen MR) is 78.8 cm³/mol. The molecule has 1 unspecified atom stereocenters. The average molecular weight is 262 g/mol. The number of hydrogen-bond acceptors (Lipinski definition) is 3. The first-order valence-corrected chi connectivity index (χ1v) is 7.26. The van der Waals surface area contributed by atoms with Gasteiger partial charge in [0.25, 0.3) is 0 Å². The molecule has 3 heteroatoms. The molecule has 1 atom stereocenters. The Labute approximate surface area is 115 Å². The first-order valence-electron chi connectivity index (χ1n) is 6.38. The minimum absolute atomic E-state index is 0.0132. The molecule has 0 aliphatic carbocycles. The maximum Gasteiger partial charge on any atom is 0.0946 e. The molecule has 1 rings (SSSR count). The van der Waals surface area contributed by atoms with E-state index in [-0.39, 0.29) is 6.04 Å². The molecule has 0 saturated carbocycles. The minimum Gasteiger partial charge on any atom is -0.291 e. The van der Waals surface area contributed by atoms with Gasteiger partial charge in [-0.05, 0) is 38.1 Å². The molecule has 1 aromatic rings. The lowest BCUT2D eigenvalue weighted by molar-refractivity contribution is 0.306. The van der Waals surface area contributed by atoms with Crippen molar-refractivity contribution in [2.45, 2.75) is 43.4 Å². The summed E-state index contributed by atoms with van der Waals surface area (Å²) in [5, 5.41) is 9.45. The zero-order valence-electron chi connectivity index (χ0n) is 11.7. The molecular weight excluding hydrogens is 240 g/mol. The van der Waals surface area contributed by atoms with Crippen LogP contribution in [0.3, 0.4) is 0 Å². The van der Waals surface area contributed by atoms with Gasteiger partial charge in [0.15, 0.2) is 0 Å². The highest BCUT2D eigenvalue weighted by Gasteiger charge is 2.07. The smallest absolute Gasteiger partial charge is 0.0946 e. The summed E-state index contributed by atoms with van der Waals surface area (Å²) in [5.74, 6) is 0. The predicted octanol–water partition coefficient (Wildman–Crippen LogP) is 3.57. The van der Waals surface area contributed by atoms with Gasteiger partial charge in [0.05, 0.1) is 12.1 Å². The first kappa shape index (κ1) is 15.1. The largest absolute Gasteiger partial charge is 0.291 e. The fraction of sp³-hybridized carbons (Fsp3) is 0.533. The summed E-state index contributed by atoms with van der Waals surface area (Å²) in [7, 11) is 2.00. The van der Waals surface area contributed by atoms with E-state index in [4.69, 9.17) is 5.26 Å². The van der Waals surface area contributed by atoms with E-state index >= 15 is 0 Å². The topological polar surface area (TPSA) is 27.0 Å². The van der Waals surface area contributed by atoms with Crippen LogP contribution in [-0.4, -0.2) is 29.8 Å². The van der Waals surface area contributed by atoms with Crippen LogP contribution in [-0.2, 0) is 6.42 Å². The Kier molecular flexibility index (Phi) is 6.24. The third kappa shape index (κ3) is 5.12. The van der Waals surface area contributed by atoms with Crippen LogP contribution in [0.25, 0.3) is 0 Å². The summed E-state index contributed by atoms with van der Waals surface area (Å²) >= 11 is 1.89. The highest BCUT2D eigenvalue weighted by atomic mass is 32.2. The molecular formula is C15H22N2S. The monoisotopic (exact) mass is 262 g/mol. The normalized spacial score (nSPS) is 12.7. The third-order valence-corrected chi connectivity index (χ3v) is 3.91. The van der Waals surface area contributed by atoms with E-state index in [0.29, 0.717) is 5.25 Å². The zero-order valence-corrected chi connectivity index (χ0v) is 12.5. The number of thioether (sulfide) groups is 1. The van der Waals surface area contributed by atoms with Crippen molar-refractivity contribution in [3.8, 4) is 6.07 Å². The van der Waals surface area contributed by atoms with Crippen molar-refractivity contribution < 1.29 is 0 Å². The highest BCUT2D eigenvalue weighted by Crippen LogP contribution is 2.22. The summed E-state index contributed by atoms with van der Waals surface area (Å²) in [5.41, 5.74) is 1.33. The number of rotatable bonds is 6. The summed E-state index contributed by atoms with van der Waals surface area (Å²) in [6.07, 6.45) is 0.995. The van der Waals surface area contributed by atoms with Crippen molar-refractivity contribution in [2.24, 2.45) is 0 Å². The van der Waals surface area contributed by atoms with Crippen molar-refractivity contribution in [2.75, 3.05) is 13.6 Å². The van der Waals surface area contributed by atoms with Gasteiger partial charge in [-0.2, -0.15) is 5.26 Å². The minimum atomic E-state index is -0.0132. The Hall–Kier alpha value is -0.980. The number of benzene rings is 1. The fourth-order valence-corrected chi connectivity index (χ4v) is 2.44. The van der Waals surface area contributed by atoms with Crippen molar-refractivity contribution >= 4 is 11.8 Å². The molecule has 0 aromatic heterocycles. The van der Waals surface area contributed by atoms with Crippen LogP contribution in [0.2, 0.25) is 0 Å². The van der Waals surface area contributed by atoms with Crippen LogP contribution in [0.1, 0.15) is 26.3 Å². The maximum atomic E-state index is 8.83. The van der Waals surface area contributed by atoms with Crippen molar-refractivity contribution in [3.63, 3.8) is 0 Å². The number of nitriles is 1. The summed E-state index contributed by atoms with van der Waals surface area (Å²) in [6.45, 7) is 7.27. The highest BCUT2D eigenvalue weighted by molar-refractivity contribution is 7.99. The van der Waals surface area contributed by atoms with E-state index < -0.39 is 0 Å². The molecule has 0 spiro atoms. The lowest BCUT2D eigenvalue weighted by atomic mass is 10.1. The third-order valence-electron chi connectivity index (χ3n) is 2.90. The van der Waals surface area contributed by atoms with E-state index in [0.717, 1.165) is 13.0 Å². The van der Waals surface area contributed by atoms with Gasteiger partial charge in [0, 0.05) is 16.7 Å². The second-order valence-electron chi connectivity index (χ2n) is 4.85. The molecule has 2 nitrogen and oxygen atoms in total. The van der Waals surface area contributed by atoms with Gasteiger partial charge >= 0.3 is 0 Å². The molecule has 0 bridgehead atoms. The Bertz CT molecular complexity index is 392. The van der Waals surface area contributed by atoms with E-state index in [2.05, 4.69) is 49.1 Å². The van der Waals surface area contributed by atoms with Gasteiger partial charge < -0.3 is 0 Å². The van der Waals surface area contributed by atoms with Crippen molar-refractivity contribution in [1.82, 2.24) is 4.90 Å². The number of nitrogens with zero attached hydrogens (tertiary/aromatic N) is 2. The summed E-state index contributed by atoms with van der Waals surface area (Å²) < 4.78 is 0. The van der Waals surface area contributed by atoms with Crippen LogP contribution in [0.15, 0.2) is 29.2 Å². The van der Waals surface area contributed by atoms with Crippen LogP contribution < -0.4 is 0 Å². The van der Waals surface area contributed by atoms with Gasteiger partial charge in [0.2, 0.25) is 0 Å². The van der Waals surface area contributed by atoms with E-state index in [1.807, 2.05) is 25.7 Å². The molecule has 0 heterocycles. The van der Waals surface area contributed by atoms with Gasteiger partial charge in [-0.3, -0.25) is 4.90 Å². The second kappa shape index (κ2) is 7.45. The molecule has 0 aliphatic rings. The molecule has 18 heavy (non-hydrogen) atoms. The SMILES string of the molecule is CC(C)Sc1ccc(CCN(C)C(C)C#N)cc1. The molecule has 0 amide bonds. The van der Waals surface area contributed by atoms with Gasteiger partial charge in [-0.25, -0.2) is 0 Å². The first-order chi connectivity index (χ1) is 8.52. The van der Waals surface area contributed by atoms with E-state index in [1.54, 1.807) is 0 Å². The van der Waals surface area contributed by atoms with Crippen molar-refractivity contribution in [3.05, 3.63) is 29.8 Å². The Morgan fingerprint density at radius 2 is 1.83 bits per heavy atom. The van der Waals surface area contributed by atoms with Crippen LogP contribution in [0.5, 0.6) is 0 Å². The molecule has 0 radical (unpaired) electrons. The molecule has 0 saturated heterocycles. The zero-order chi connectivity index (χ0) is 13.5. The number of hydrogen-bond donors (Lipinski definition) is 0. The van der Waals surface area contributed by atoms with Gasteiger partial charge in [0.1, 0.15) is 0 Å². The summed E-state index contributed by atoms with van der Waals surface area (Å²) in [6, 6.07) is 11.0. The van der Waals surface area contributed by atoms with Crippen LogP contribution in [0.4, 0.5) is 0 Å². The molecule has 0 N–H and O–H groups in total. The quantitative estimate of drug-likeness (QED) is 0.733. The average Bonchev–Trinajstić information content (AvgIpc) is 2.36. The van der Waals surface area contributed by atoms with Crippen molar-refractivity contribution in [1.29, 1.82) is 5.26 Å². The molecule has 1 aromatic carbocycles. The lowest BCUT2D eigenvalue weighted by Crippen LogP contribution is -2.29. The van der Waals surface area contributed by atoms with E-state index in [1.165, 1.54) is 10.5 Å². The molecule has 0 aliphatic heterocycles. The maximum absolute atomic E-state index is 8.83. The second-order valence-corrected chi connectivity index (χ2v) is 6.50. The number of likely N-dealkylation sites (N-methyl/N-ethyl adjacent to an activating group) is 1. The Morgan fingerprint density at radius 3 is 2.33 bits per heavy atom. The molecule has 98 valence electrons. The Balaban J connectivity index is 2.47. The molecule has 0 fully saturated rings. The van der Waals surface area contributed by atoms with Crippen LogP contribution >= 0.6 is 11.8 Å². The van der Waals surface area contributed by atoms with Gasteiger partial charge in [-0.1, -0.05) is 26.0 Å². The lowest BCUT2D eigenvalue weighted by Gasteiger charge is -2.18. The fourth-order valence-electron chi connectivity index (χ4n) is 1.60. The van der Waals surface area contributed by atoms with E-state index in [9.17, 15) is 0 Å². The summed E-state index contributed by atoms with van der Waals surface area (Å²) in [4.78, 5) is 3.41. The van der Waals surface area contributed by atoms with Gasteiger partial charge in [-0.15, -0.1) is 11.8 Å². The Morgan fingerprint density at radius 1 is 1.22 bits per heavy atom. The van der Waals surface area contributed by atoms with Crippen LogP contribution in [0, 0.1) is 11.3 Å².